The van der Waals surface area contributed by atoms with Crippen molar-refractivity contribution in [1.82, 2.24) is 9.97 Å². The van der Waals surface area contributed by atoms with E-state index in [1.165, 1.54) is 6.33 Å². The molecule has 0 amide bonds. The van der Waals surface area contributed by atoms with E-state index in [0.29, 0.717) is 36.0 Å². The highest BCUT2D eigenvalue weighted by molar-refractivity contribution is 5.39. The van der Waals surface area contributed by atoms with Crippen molar-refractivity contribution in [3.8, 4) is 5.88 Å². The molecule has 1 aromatic carbocycles. The fourth-order valence-corrected chi connectivity index (χ4v) is 2.05. The Hall–Kier alpha value is -2.17. The van der Waals surface area contributed by atoms with Gasteiger partial charge in [0.1, 0.15) is 18.0 Å². The molecule has 0 saturated carbocycles. The average Bonchev–Trinajstić information content (AvgIpc) is 2.49. The second kappa shape index (κ2) is 7.02. The minimum Gasteiger partial charge on any atom is -0.478 e. The Labute approximate surface area is 124 Å². The molecular weight excluding hydrogens is 269 g/mol. The van der Waals surface area contributed by atoms with Gasteiger partial charge in [0.15, 0.2) is 0 Å². The molecule has 5 heteroatoms. The largest absolute Gasteiger partial charge is 0.478 e. The molecule has 0 aliphatic carbocycles. The first-order chi connectivity index (χ1) is 10.1. The van der Waals surface area contributed by atoms with Gasteiger partial charge < -0.3 is 10.1 Å². The van der Waals surface area contributed by atoms with E-state index in [4.69, 9.17) is 4.74 Å². The number of hydrogen-bond acceptors (Lipinski definition) is 4. The Balaban J connectivity index is 2.03. The third-order valence-electron chi connectivity index (χ3n) is 3.07. The smallest absolute Gasteiger partial charge is 0.218 e. The van der Waals surface area contributed by atoms with Crippen LogP contribution in [0.2, 0.25) is 0 Å². The fraction of sp³-hybridized carbons (Fsp3) is 0.375. The van der Waals surface area contributed by atoms with Gasteiger partial charge in [-0.3, -0.25) is 0 Å². The highest BCUT2D eigenvalue weighted by atomic mass is 19.1. The molecule has 0 saturated heterocycles. The first-order valence-corrected chi connectivity index (χ1v) is 7.04. The van der Waals surface area contributed by atoms with Crippen molar-refractivity contribution in [2.45, 2.75) is 33.7 Å². The molecule has 2 aromatic rings. The second-order valence-corrected chi connectivity index (χ2v) is 4.99. The summed E-state index contributed by atoms with van der Waals surface area (Å²) in [6.45, 7) is 6.79. The molecule has 0 aliphatic heterocycles. The van der Waals surface area contributed by atoms with E-state index in [2.05, 4.69) is 15.3 Å². The van der Waals surface area contributed by atoms with Gasteiger partial charge in [-0.15, -0.1) is 0 Å². The molecule has 0 aliphatic rings. The van der Waals surface area contributed by atoms with Crippen molar-refractivity contribution < 1.29 is 9.13 Å². The molecule has 21 heavy (non-hydrogen) atoms. The van der Waals surface area contributed by atoms with Gasteiger partial charge in [-0.2, -0.15) is 0 Å². The van der Waals surface area contributed by atoms with Gasteiger partial charge in [0, 0.05) is 12.6 Å². The highest BCUT2D eigenvalue weighted by Gasteiger charge is 2.05. The van der Waals surface area contributed by atoms with E-state index < -0.39 is 0 Å². The summed E-state index contributed by atoms with van der Waals surface area (Å²) in [6, 6.07) is 5.44. The lowest BCUT2D eigenvalue weighted by atomic mass is 10.1. The number of hydrogen-bond donors (Lipinski definition) is 1. The van der Waals surface area contributed by atoms with E-state index in [0.717, 1.165) is 12.0 Å². The number of nitrogens with zero attached hydrogens (tertiary/aromatic N) is 2. The van der Waals surface area contributed by atoms with Crippen molar-refractivity contribution in [1.29, 1.82) is 0 Å². The van der Waals surface area contributed by atoms with Crippen LogP contribution in [0.1, 0.15) is 30.0 Å². The number of halogens is 1. The van der Waals surface area contributed by atoms with Crippen molar-refractivity contribution in [2.75, 3.05) is 11.9 Å². The molecule has 2 rings (SSSR count). The molecule has 1 N–H and O–H groups in total. The molecule has 0 spiro atoms. The molecule has 0 radical (unpaired) electrons. The summed E-state index contributed by atoms with van der Waals surface area (Å²) >= 11 is 0. The van der Waals surface area contributed by atoms with E-state index in [-0.39, 0.29) is 5.82 Å². The van der Waals surface area contributed by atoms with E-state index >= 15 is 0 Å². The lowest BCUT2D eigenvalue weighted by Crippen LogP contribution is -2.04. The van der Waals surface area contributed by atoms with Crippen LogP contribution in [0.25, 0.3) is 0 Å². The van der Waals surface area contributed by atoms with Gasteiger partial charge in [0.25, 0.3) is 0 Å². The molecule has 0 fully saturated rings. The van der Waals surface area contributed by atoms with Crippen molar-refractivity contribution in [2.24, 2.45) is 0 Å². The Morgan fingerprint density at radius 1 is 1.14 bits per heavy atom. The summed E-state index contributed by atoms with van der Waals surface area (Å²) < 4.78 is 19.0. The zero-order valence-electron chi connectivity index (χ0n) is 12.6. The quantitative estimate of drug-likeness (QED) is 0.882. The topological polar surface area (TPSA) is 47.0 Å². The Morgan fingerprint density at radius 2 is 1.86 bits per heavy atom. The van der Waals surface area contributed by atoms with Gasteiger partial charge >= 0.3 is 0 Å². The summed E-state index contributed by atoms with van der Waals surface area (Å²) in [4.78, 5) is 8.20. The van der Waals surface area contributed by atoms with Crippen molar-refractivity contribution in [3.63, 3.8) is 0 Å². The summed E-state index contributed by atoms with van der Waals surface area (Å²) in [5.41, 5.74) is 2.32. The number of ether oxygens (including phenoxy) is 1. The van der Waals surface area contributed by atoms with Crippen LogP contribution in [0, 0.1) is 19.7 Å². The van der Waals surface area contributed by atoms with Crippen LogP contribution in [-0.4, -0.2) is 16.6 Å². The van der Waals surface area contributed by atoms with Crippen molar-refractivity contribution in [3.05, 3.63) is 47.0 Å². The monoisotopic (exact) mass is 289 g/mol. The second-order valence-electron chi connectivity index (χ2n) is 4.99. The average molecular weight is 289 g/mol. The van der Waals surface area contributed by atoms with Crippen LogP contribution in [0.5, 0.6) is 5.88 Å². The summed E-state index contributed by atoms with van der Waals surface area (Å²) in [5.74, 6) is 1.10. The predicted molar refractivity (Wildman–Crippen MR) is 81.0 cm³/mol. The van der Waals surface area contributed by atoms with Crippen LogP contribution in [0.15, 0.2) is 24.5 Å². The molecule has 0 atom stereocenters. The summed E-state index contributed by atoms with van der Waals surface area (Å²) in [5, 5.41) is 3.20. The Morgan fingerprint density at radius 3 is 2.52 bits per heavy atom. The number of aromatic nitrogens is 2. The van der Waals surface area contributed by atoms with E-state index in [9.17, 15) is 4.39 Å². The molecule has 0 unspecified atom stereocenters. The summed E-state index contributed by atoms with van der Waals surface area (Å²) in [7, 11) is 0. The molecular formula is C16H20FN3O. The third kappa shape index (κ3) is 4.15. The first-order valence-electron chi connectivity index (χ1n) is 7.04. The zero-order valence-corrected chi connectivity index (χ0v) is 12.6. The minimum absolute atomic E-state index is 0.143. The molecule has 1 aromatic heterocycles. The van der Waals surface area contributed by atoms with Gasteiger partial charge in [0.2, 0.25) is 5.88 Å². The molecule has 112 valence electrons. The van der Waals surface area contributed by atoms with Crippen LogP contribution < -0.4 is 10.1 Å². The maximum absolute atomic E-state index is 13.6. The maximum atomic E-state index is 13.6. The van der Waals surface area contributed by atoms with Gasteiger partial charge in [-0.1, -0.05) is 19.1 Å². The zero-order chi connectivity index (χ0) is 15.2. The summed E-state index contributed by atoms with van der Waals surface area (Å²) in [6.07, 6.45) is 2.40. The fourth-order valence-electron chi connectivity index (χ4n) is 2.05. The lowest BCUT2D eigenvalue weighted by Gasteiger charge is -2.10. The third-order valence-corrected chi connectivity index (χ3v) is 3.07. The van der Waals surface area contributed by atoms with Crippen LogP contribution in [0.4, 0.5) is 10.2 Å². The van der Waals surface area contributed by atoms with Gasteiger partial charge in [-0.05, 0) is 37.0 Å². The number of nitrogens with one attached hydrogen (secondary N) is 1. The van der Waals surface area contributed by atoms with Crippen LogP contribution in [-0.2, 0) is 6.54 Å². The molecule has 1 heterocycles. The van der Waals surface area contributed by atoms with E-state index in [1.807, 2.05) is 19.1 Å². The number of anilines is 1. The van der Waals surface area contributed by atoms with Crippen LogP contribution in [0.3, 0.4) is 0 Å². The van der Waals surface area contributed by atoms with Crippen LogP contribution >= 0.6 is 0 Å². The number of benzene rings is 1. The minimum atomic E-state index is -0.143. The number of aryl methyl sites for hydroxylation is 2. The lowest BCUT2D eigenvalue weighted by molar-refractivity contribution is 0.305. The molecule has 0 bridgehead atoms. The normalized spacial score (nSPS) is 10.5. The Bertz CT molecular complexity index is 593. The van der Waals surface area contributed by atoms with E-state index in [1.54, 1.807) is 19.9 Å². The first kappa shape index (κ1) is 15.2. The van der Waals surface area contributed by atoms with Crippen molar-refractivity contribution >= 4 is 5.82 Å². The Kier molecular flexibility index (Phi) is 5.09. The van der Waals surface area contributed by atoms with Gasteiger partial charge in [-0.25, -0.2) is 14.4 Å². The predicted octanol–water partition coefficient (Wildman–Crippen LogP) is 3.63. The standard InChI is InChI=1S/C16H20FN3O/c1-4-5-21-15-8-14(19-10-20-15)18-9-13-6-11(2)16(17)12(3)7-13/h6-8,10H,4-5,9H2,1-3H3,(H,18,19,20). The SMILES string of the molecule is CCCOc1cc(NCc2cc(C)c(F)c(C)c2)ncn1. The number of rotatable bonds is 6. The maximum Gasteiger partial charge on any atom is 0.218 e. The molecule has 4 nitrogen and oxygen atoms in total. The van der Waals surface area contributed by atoms with Gasteiger partial charge in [0.05, 0.1) is 6.61 Å². The highest BCUT2D eigenvalue weighted by Crippen LogP contribution is 2.17.